The maximum atomic E-state index is 13.1. The summed E-state index contributed by atoms with van der Waals surface area (Å²) < 4.78 is 12.3. The van der Waals surface area contributed by atoms with Crippen molar-refractivity contribution in [1.82, 2.24) is 14.8 Å². The average Bonchev–Trinajstić information content (AvgIpc) is 3.43. The van der Waals surface area contributed by atoms with Gasteiger partial charge >= 0.3 is 0 Å². The number of furan rings is 1. The Bertz CT molecular complexity index is 1110. The molecule has 2 heterocycles. The molecule has 4 rings (SSSR count). The SMILES string of the molecule is C[C@@H](Oc1ccccc1)C(=O)n1nc(-c2ccco2)nc1NCc1ccc(Cl)cc1. The first kappa shape index (κ1) is 19.7. The fourth-order valence-electron chi connectivity index (χ4n) is 2.80. The summed E-state index contributed by atoms with van der Waals surface area (Å²) in [6.45, 7) is 2.11. The third-order valence-corrected chi connectivity index (χ3v) is 4.58. The van der Waals surface area contributed by atoms with Crippen LogP contribution in [0.3, 0.4) is 0 Å². The Balaban J connectivity index is 1.58. The van der Waals surface area contributed by atoms with E-state index in [2.05, 4.69) is 15.4 Å². The van der Waals surface area contributed by atoms with E-state index in [-0.39, 0.29) is 5.91 Å². The first-order chi connectivity index (χ1) is 14.6. The normalized spacial score (nSPS) is 11.8. The van der Waals surface area contributed by atoms with E-state index in [4.69, 9.17) is 20.8 Å². The molecular weight excluding hydrogens is 404 g/mol. The highest BCUT2D eigenvalue weighted by Crippen LogP contribution is 2.20. The number of carbonyl (C=O) groups excluding carboxylic acids is 1. The number of para-hydroxylation sites is 1. The predicted octanol–water partition coefficient (Wildman–Crippen LogP) is 4.91. The van der Waals surface area contributed by atoms with Gasteiger partial charge in [0.15, 0.2) is 11.9 Å². The van der Waals surface area contributed by atoms with Gasteiger partial charge in [0.25, 0.3) is 5.91 Å². The molecule has 30 heavy (non-hydrogen) atoms. The number of benzene rings is 2. The molecule has 2 aromatic carbocycles. The summed E-state index contributed by atoms with van der Waals surface area (Å²) >= 11 is 5.94. The number of hydrogen-bond acceptors (Lipinski definition) is 6. The molecule has 0 aliphatic rings. The summed E-state index contributed by atoms with van der Waals surface area (Å²) in [6, 6.07) is 20.0. The lowest BCUT2D eigenvalue weighted by Gasteiger charge is -2.14. The van der Waals surface area contributed by atoms with Crippen LogP contribution in [0, 0.1) is 0 Å². The van der Waals surface area contributed by atoms with Gasteiger partial charge in [-0.25, -0.2) is 0 Å². The Morgan fingerprint density at radius 2 is 1.90 bits per heavy atom. The Morgan fingerprint density at radius 3 is 2.60 bits per heavy atom. The molecule has 0 bridgehead atoms. The second-order valence-electron chi connectivity index (χ2n) is 6.54. The zero-order valence-corrected chi connectivity index (χ0v) is 16.9. The predicted molar refractivity (Wildman–Crippen MR) is 114 cm³/mol. The van der Waals surface area contributed by atoms with Crippen LogP contribution in [0.15, 0.2) is 77.4 Å². The lowest BCUT2D eigenvalue weighted by Crippen LogP contribution is -2.31. The molecular formula is C22H19ClN4O3. The maximum absolute atomic E-state index is 13.1. The summed E-state index contributed by atoms with van der Waals surface area (Å²) in [7, 11) is 0. The van der Waals surface area contributed by atoms with E-state index in [1.54, 1.807) is 43.3 Å². The average molecular weight is 423 g/mol. The van der Waals surface area contributed by atoms with E-state index >= 15 is 0 Å². The zero-order valence-electron chi connectivity index (χ0n) is 16.2. The molecule has 0 radical (unpaired) electrons. The lowest BCUT2D eigenvalue weighted by molar-refractivity contribution is 0.0713. The van der Waals surface area contributed by atoms with Crippen molar-refractivity contribution in [3.05, 3.63) is 83.6 Å². The smallest absolute Gasteiger partial charge is 0.290 e. The van der Waals surface area contributed by atoms with Gasteiger partial charge in [-0.1, -0.05) is 41.9 Å². The number of ether oxygens (including phenoxy) is 1. The fraction of sp³-hybridized carbons (Fsp3) is 0.136. The molecule has 1 atom stereocenters. The van der Waals surface area contributed by atoms with Gasteiger partial charge in [-0.3, -0.25) is 4.79 Å². The molecule has 1 N–H and O–H groups in total. The van der Waals surface area contributed by atoms with Gasteiger partial charge in [-0.2, -0.15) is 9.67 Å². The first-order valence-corrected chi connectivity index (χ1v) is 9.73. The number of halogens is 1. The molecule has 0 unspecified atom stereocenters. The summed E-state index contributed by atoms with van der Waals surface area (Å²) in [5.41, 5.74) is 0.981. The molecule has 0 fully saturated rings. The van der Waals surface area contributed by atoms with Crippen LogP contribution in [0.25, 0.3) is 11.6 Å². The van der Waals surface area contributed by atoms with Gasteiger partial charge in [0.2, 0.25) is 11.8 Å². The van der Waals surface area contributed by atoms with Gasteiger partial charge in [0.05, 0.1) is 6.26 Å². The summed E-state index contributed by atoms with van der Waals surface area (Å²) in [5, 5.41) is 8.16. The van der Waals surface area contributed by atoms with E-state index in [0.29, 0.717) is 34.8 Å². The van der Waals surface area contributed by atoms with Crippen molar-refractivity contribution >= 4 is 23.5 Å². The number of carbonyl (C=O) groups is 1. The summed E-state index contributed by atoms with van der Waals surface area (Å²) in [5.74, 6) is 1.31. The monoisotopic (exact) mass is 422 g/mol. The highest BCUT2D eigenvalue weighted by atomic mass is 35.5. The minimum Gasteiger partial charge on any atom is -0.481 e. The Labute approximate surface area is 178 Å². The number of nitrogens with zero attached hydrogens (tertiary/aromatic N) is 3. The number of nitrogens with one attached hydrogen (secondary N) is 1. The Kier molecular flexibility index (Phi) is 5.81. The quantitative estimate of drug-likeness (QED) is 0.455. The van der Waals surface area contributed by atoms with Crippen LogP contribution in [0.2, 0.25) is 5.02 Å². The van der Waals surface area contributed by atoms with Crippen LogP contribution >= 0.6 is 11.6 Å². The molecule has 0 aliphatic carbocycles. The zero-order chi connectivity index (χ0) is 20.9. The van der Waals surface area contributed by atoms with Crippen molar-refractivity contribution in [1.29, 1.82) is 0 Å². The van der Waals surface area contributed by atoms with Crippen molar-refractivity contribution in [2.24, 2.45) is 0 Å². The second-order valence-corrected chi connectivity index (χ2v) is 6.98. The van der Waals surface area contributed by atoms with E-state index < -0.39 is 6.10 Å². The maximum Gasteiger partial charge on any atom is 0.290 e. The van der Waals surface area contributed by atoms with Crippen LogP contribution in [-0.2, 0) is 6.54 Å². The van der Waals surface area contributed by atoms with E-state index in [0.717, 1.165) is 5.56 Å². The summed E-state index contributed by atoms with van der Waals surface area (Å²) in [6.07, 6.45) is 0.759. The van der Waals surface area contributed by atoms with Crippen molar-refractivity contribution in [3.63, 3.8) is 0 Å². The van der Waals surface area contributed by atoms with Crippen molar-refractivity contribution in [3.8, 4) is 17.3 Å². The minimum absolute atomic E-state index is 0.296. The van der Waals surface area contributed by atoms with Gasteiger partial charge in [0.1, 0.15) is 5.75 Å². The lowest BCUT2D eigenvalue weighted by atomic mass is 10.2. The molecule has 8 heteroatoms. The number of aromatic nitrogens is 3. The largest absolute Gasteiger partial charge is 0.481 e. The third-order valence-electron chi connectivity index (χ3n) is 4.33. The van der Waals surface area contributed by atoms with Crippen molar-refractivity contribution in [2.75, 3.05) is 5.32 Å². The van der Waals surface area contributed by atoms with Crippen LogP contribution in [0.5, 0.6) is 5.75 Å². The van der Waals surface area contributed by atoms with Gasteiger partial charge < -0.3 is 14.5 Å². The molecule has 152 valence electrons. The van der Waals surface area contributed by atoms with Crippen LogP contribution in [-0.4, -0.2) is 26.8 Å². The van der Waals surface area contributed by atoms with Crippen molar-refractivity contribution in [2.45, 2.75) is 19.6 Å². The standard InChI is InChI=1S/C22H19ClN4O3/c1-15(30-18-6-3-2-4-7-18)21(28)27-22(24-14-16-9-11-17(23)12-10-16)25-20(26-27)19-8-5-13-29-19/h2-13,15H,14H2,1H3,(H,24,25,26)/t15-/m1/s1. The molecule has 0 aliphatic heterocycles. The second kappa shape index (κ2) is 8.84. The van der Waals surface area contributed by atoms with Crippen LogP contribution in [0.4, 0.5) is 5.95 Å². The minimum atomic E-state index is -0.769. The highest BCUT2D eigenvalue weighted by molar-refractivity contribution is 6.30. The fourth-order valence-corrected chi connectivity index (χ4v) is 2.93. The van der Waals surface area contributed by atoms with Crippen LogP contribution < -0.4 is 10.1 Å². The topological polar surface area (TPSA) is 82.2 Å². The van der Waals surface area contributed by atoms with E-state index in [1.807, 2.05) is 30.3 Å². The molecule has 0 saturated heterocycles. The van der Waals surface area contributed by atoms with Crippen molar-refractivity contribution < 1.29 is 13.9 Å². The molecule has 0 amide bonds. The molecule has 2 aromatic heterocycles. The Morgan fingerprint density at radius 1 is 1.13 bits per heavy atom. The third kappa shape index (κ3) is 4.52. The van der Waals surface area contributed by atoms with Gasteiger partial charge in [0, 0.05) is 11.6 Å². The number of hydrogen-bond donors (Lipinski definition) is 1. The first-order valence-electron chi connectivity index (χ1n) is 9.35. The number of anilines is 1. The molecule has 0 spiro atoms. The summed E-state index contributed by atoms with van der Waals surface area (Å²) in [4.78, 5) is 17.5. The van der Waals surface area contributed by atoms with E-state index in [9.17, 15) is 4.79 Å². The van der Waals surface area contributed by atoms with Gasteiger partial charge in [-0.15, -0.1) is 5.10 Å². The molecule has 0 saturated carbocycles. The molecule has 4 aromatic rings. The highest BCUT2D eigenvalue weighted by Gasteiger charge is 2.24. The van der Waals surface area contributed by atoms with Gasteiger partial charge in [-0.05, 0) is 48.9 Å². The molecule has 7 nitrogen and oxygen atoms in total. The Hall–Kier alpha value is -3.58. The van der Waals surface area contributed by atoms with E-state index in [1.165, 1.54) is 10.9 Å². The van der Waals surface area contributed by atoms with Crippen LogP contribution in [0.1, 0.15) is 17.3 Å². The number of rotatable bonds is 7.